The summed E-state index contributed by atoms with van der Waals surface area (Å²) in [6.45, 7) is 2.61. The van der Waals surface area contributed by atoms with Gasteiger partial charge in [0.2, 0.25) is 5.91 Å². The van der Waals surface area contributed by atoms with E-state index >= 15 is 0 Å². The van der Waals surface area contributed by atoms with E-state index in [0.717, 1.165) is 11.8 Å². The molecule has 1 aliphatic carbocycles. The predicted octanol–water partition coefficient (Wildman–Crippen LogP) is 2.12. The second-order valence-electron chi connectivity index (χ2n) is 4.76. The van der Waals surface area contributed by atoms with E-state index in [-0.39, 0.29) is 5.91 Å². The van der Waals surface area contributed by atoms with E-state index in [0.29, 0.717) is 12.5 Å². The van der Waals surface area contributed by atoms with E-state index in [4.69, 9.17) is 0 Å². The highest BCUT2D eigenvalue weighted by Gasteiger charge is 2.27. The Bertz CT molecular complexity index is 265. The maximum atomic E-state index is 11.0. The van der Waals surface area contributed by atoms with E-state index in [1.54, 1.807) is 0 Å². The van der Waals surface area contributed by atoms with Crippen molar-refractivity contribution >= 4 is 11.7 Å². The van der Waals surface area contributed by atoms with Gasteiger partial charge in [-0.05, 0) is 31.6 Å². The molecule has 15 heavy (non-hydrogen) atoms. The maximum absolute atomic E-state index is 11.0. The van der Waals surface area contributed by atoms with Gasteiger partial charge in [-0.25, -0.2) is 0 Å². The molecule has 2 rings (SSSR count). The summed E-state index contributed by atoms with van der Waals surface area (Å²) < 4.78 is 0. The van der Waals surface area contributed by atoms with Gasteiger partial charge >= 0.3 is 0 Å². The first-order chi connectivity index (χ1) is 7.29. The van der Waals surface area contributed by atoms with Crippen LogP contribution in [0.2, 0.25) is 0 Å². The van der Waals surface area contributed by atoms with Crippen molar-refractivity contribution in [3.8, 4) is 0 Å². The number of nitrogens with zero attached hydrogens (tertiary/aromatic N) is 1. The topological polar surface area (TPSA) is 41.5 Å². The third-order valence-electron chi connectivity index (χ3n) is 3.59. The Morgan fingerprint density at radius 1 is 1.33 bits per heavy atom. The molecule has 1 saturated carbocycles. The summed E-state index contributed by atoms with van der Waals surface area (Å²) in [4.78, 5) is 15.3. The number of carbonyl (C=O) groups is 1. The van der Waals surface area contributed by atoms with Gasteiger partial charge in [-0.15, -0.1) is 0 Å². The molecule has 0 saturated heterocycles. The number of amides is 1. The molecule has 0 bridgehead atoms. The maximum Gasteiger partial charge on any atom is 0.247 e. The zero-order valence-electron chi connectivity index (χ0n) is 9.46. The van der Waals surface area contributed by atoms with Crippen LogP contribution in [0.4, 0.5) is 0 Å². The third-order valence-corrected chi connectivity index (χ3v) is 3.59. The summed E-state index contributed by atoms with van der Waals surface area (Å²) in [6.07, 6.45) is 7.72. The number of hydrogen-bond acceptors (Lipinski definition) is 2. The second-order valence-corrected chi connectivity index (χ2v) is 4.76. The largest absolute Gasteiger partial charge is 0.313 e. The molecule has 3 nitrogen and oxygen atoms in total. The first-order valence-electron chi connectivity index (χ1n) is 6.13. The predicted molar refractivity (Wildman–Crippen MR) is 60.8 cm³/mol. The van der Waals surface area contributed by atoms with Crippen molar-refractivity contribution in [3.63, 3.8) is 0 Å². The van der Waals surface area contributed by atoms with Gasteiger partial charge in [-0.1, -0.05) is 19.8 Å². The van der Waals surface area contributed by atoms with Crippen LogP contribution in [0.25, 0.3) is 0 Å². The van der Waals surface area contributed by atoms with Crippen molar-refractivity contribution in [1.29, 1.82) is 0 Å². The first-order valence-corrected chi connectivity index (χ1v) is 6.13. The summed E-state index contributed by atoms with van der Waals surface area (Å²) >= 11 is 0. The van der Waals surface area contributed by atoms with Crippen LogP contribution in [0, 0.1) is 11.8 Å². The van der Waals surface area contributed by atoms with Gasteiger partial charge in [0.25, 0.3) is 0 Å². The number of amidine groups is 1. The van der Waals surface area contributed by atoms with Crippen LogP contribution in [0.5, 0.6) is 0 Å². The lowest BCUT2D eigenvalue weighted by atomic mass is 9.79. The molecule has 0 aromatic carbocycles. The highest BCUT2D eigenvalue weighted by Crippen LogP contribution is 2.32. The van der Waals surface area contributed by atoms with Crippen molar-refractivity contribution in [3.05, 3.63) is 0 Å². The molecule has 0 atom stereocenters. The minimum absolute atomic E-state index is 0.0701. The van der Waals surface area contributed by atoms with Crippen molar-refractivity contribution in [2.45, 2.75) is 45.4 Å². The summed E-state index contributed by atoms with van der Waals surface area (Å²) in [5.41, 5.74) is 0. The molecule has 3 heteroatoms. The zero-order chi connectivity index (χ0) is 10.7. The van der Waals surface area contributed by atoms with Gasteiger partial charge < -0.3 is 5.32 Å². The number of hydrogen-bond donors (Lipinski definition) is 1. The van der Waals surface area contributed by atoms with Gasteiger partial charge in [0, 0.05) is 5.92 Å². The van der Waals surface area contributed by atoms with Gasteiger partial charge in [-0.3, -0.25) is 9.79 Å². The minimum Gasteiger partial charge on any atom is -0.313 e. The minimum atomic E-state index is 0.0701. The third kappa shape index (κ3) is 2.58. The van der Waals surface area contributed by atoms with Crippen LogP contribution in [0.15, 0.2) is 4.99 Å². The molecule has 0 unspecified atom stereocenters. The molecule has 0 aromatic heterocycles. The Kier molecular flexibility index (Phi) is 3.39. The fraction of sp³-hybridized carbons (Fsp3) is 0.833. The molecular formula is C12H20N2O. The quantitative estimate of drug-likeness (QED) is 0.758. The molecule has 1 heterocycles. The molecule has 0 aromatic rings. The molecule has 2 aliphatic rings. The van der Waals surface area contributed by atoms with Crippen LogP contribution < -0.4 is 5.32 Å². The van der Waals surface area contributed by atoms with E-state index < -0.39 is 0 Å². The fourth-order valence-electron chi connectivity index (χ4n) is 2.74. The Balaban J connectivity index is 1.81. The Morgan fingerprint density at radius 3 is 2.60 bits per heavy atom. The summed E-state index contributed by atoms with van der Waals surface area (Å²) in [7, 11) is 0. The normalized spacial score (nSPS) is 31.3. The number of aliphatic imine (C=N–C) groups is 1. The zero-order valence-corrected chi connectivity index (χ0v) is 9.46. The second kappa shape index (κ2) is 4.77. The van der Waals surface area contributed by atoms with Crippen LogP contribution in [-0.4, -0.2) is 18.3 Å². The Labute approximate surface area is 91.3 Å². The van der Waals surface area contributed by atoms with Gasteiger partial charge in [0.1, 0.15) is 12.4 Å². The molecule has 0 spiro atoms. The van der Waals surface area contributed by atoms with E-state index in [1.165, 1.54) is 38.5 Å². The average molecular weight is 208 g/mol. The van der Waals surface area contributed by atoms with Crippen LogP contribution >= 0.6 is 0 Å². The van der Waals surface area contributed by atoms with Crippen LogP contribution in [-0.2, 0) is 4.79 Å². The summed E-state index contributed by atoms with van der Waals surface area (Å²) in [6, 6.07) is 0. The van der Waals surface area contributed by atoms with Gasteiger partial charge in [0.15, 0.2) is 0 Å². The Hall–Kier alpha value is -0.860. The molecule has 84 valence electrons. The highest BCUT2D eigenvalue weighted by molar-refractivity contribution is 6.04. The lowest BCUT2D eigenvalue weighted by molar-refractivity contribution is -0.117. The van der Waals surface area contributed by atoms with E-state index in [9.17, 15) is 4.79 Å². The number of nitrogens with one attached hydrogen (secondary N) is 1. The summed E-state index contributed by atoms with van der Waals surface area (Å²) in [5, 5.41) is 2.88. The number of carbonyl (C=O) groups excluding carboxylic acids is 1. The molecule has 0 radical (unpaired) electrons. The van der Waals surface area contributed by atoms with Crippen molar-refractivity contribution in [1.82, 2.24) is 5.32 Å². The van der Waals surface area contributed by atoms with Gasteiger partial charge in [0.05, 0.1) is 0 Å². The SMILES string of the molecule is CCCC1CCC(C2=NCC(=O)N2)CC1. The smallest absolute Gasteiger partial charge is 0.247 e. The van der Waals surface area contributed by atoms with Crippen molar-refractivity contribution in [2.24, 2.45) is 16.8 Å². The molecule has 1 amide bonds. The highest BCUT2D eigenvalue weighted by atomic mass is 16.2. The molecular weight excluding hydrogens is 188 g/mol. The summed E-state index contributed by atoms with van der Waals surface area (Å²) in [5.74, 6) is 2.49. The fourth-order valence-corrected chi connectivity index (χ4v) is 2.74. The molecule has 1 aliphatic heterocycles. The van der Waals surface area contributed by atoms with Crippen molar-refractivity contribution < 1.29 is 4.79 Å². The average Bonchev–Trinajstić information content (AvgIpc) is 2.67. The molecule has 1 fully saturated rings. The van der Waals surface area contributed by atoms with Crippen LogP contribution in [0.3, 0.4) is 0 Å². The standard InChI is InChI=1S/C12H20N2O/c1-2-3-9-4-6-10(7-5-9)12-13-8-11(15)14-12/h9-10H,2-8H2,1H3,(H,13,14,15). The molecule has 1 N–H and O–H groups in total. The monoisotopic (exact) mass is 208 g/mol. The first kappa shape index (κ1) is 10.7. The van der Waals surface area contributed by atoms with E-state index in [2.05, 4.69) is 17.2 Å². The van der Waals surface area contributed by atoms with E-state index in [1.807, 2.05) is 0 Å². The Morgan fingerprint density at radius 2 is 2.07 bits per heavy atom. The van der Waals surface area contributed by atoms with Crippen LogP contribution in [0.1, 0.15) is 45.4 Å². The number of rotatable bonds is 3. The lowest BCUT2D eigenvalue weighted by Gasteiger charge is -2.28. The van der Waals surface area contributed by atoms with Gasteiger partial charge in [-0.2, -0.15) is 0 Å². The van der Waals surface area contributed by atoms with Crippen molar-refractivity contribution in [2.75, 3.05) is 6.54 Å². The lowest BCUT2D eigenvalue weighted by Crippen LogP contribution is -2.32.